The summed E-state index contributed by atoms with van der Waals surface area (Å²) in [5.41, 5.74) is 0.979. The highest BCUT2D eigenvalue weighted by Gasteiger charge is 2.16. The zero-order valence-corrected chi connectivity index (χ0v) is 11.4. The number of aryl methyl sites for hydroxylation is 1. The van der Waals surface area contributed by atoms with E-state index in [2.05, 4.69) is 15.7 Å². The van der Waals surface area contributed by atoms with E-state index < -0.39 is 0 Å². The molecular formula is C14H18N2OS. The van der Waals surface area contributed by atoms with Gasteiger partial charge in [0.1, 0.15) is 11.5 Å². The highest BCUT2D eigenvalue weighted by Crippen LogP contribution is 2.26. The van der Waals surface area contributed by atoms with Crippen LogP contribution in [0.25, 0.3) is 11.5 Å². The number of furan rings is 1. The molecule has 18 heavy (non-hydrogen) atoms. The third-order valence-electron chi connectivity index (χ3n) is 3.41. The Labute approximate surface area is 111 Å². The lowest BCUT2D eigenvalue weighted by Gasteiger charge is -2.21. The Morgan fingerprint density at radius 2 is 2.44 bits per heavy atom. The molecule has 2 aromatic heterocycles. The number of hydrogen-bond donors (Lipinski definition) is 1. The van der Waals surface area contributed by atoms with Crippen molar-refractivity contribution in [3.63, 3.8) is 0 Å². The van der Waals surface area contributed by atoms with Gasteiger partial charge < -0.3 is 9.73 Å². The summed E-state index contributed by atoms with van der Waals surface area (Å²) in [6.45, 7) is 4.27. The maximum Gasteiger partial charge on any atom is 0.153 e. The van der Waals surface area contributed by atoms with Crippen LogP contribution >= 0.6 is 11.3 Å². The fourth-order valence-corrected chi connectivity index (χ4v) is 3.33. The second kappa shape index (κ2) is 5.24. The summed E-state index contributed by atoms with van der Waals surface area (Å²) < 4.78 is 5.60. The third kappa shape index (κ3) is 2.65. The first-order chi connectivity index (χ1) is 8.81. The van der Waals surface area contributed by atoms with Gasteiger partial charge in [-0.2, -0.15) is 0 Å². The minimum atomic E-state index is 0.746. The molecule has 1 fully saturated rings. The number of thiazole rings is 1. The first-order valence-corrected chi connectivity index (χ1v) is 7.41. The van der Waals surface area contributed by atoms with Gasteiger partial charge in [0.25, 0.3) is 0 Å². The Morgan fingerprint density at radius 1 is 1.50 bits per heavy atom. The van der Waals surface area contributed by atoms with Gasteiger partial charge >= 0.3 is 0 Å². The molecule has 0 saturated carbocycles. The quantitative estimate of drug-likeness (QED) is 0.922. The van der Waals surface area contributed by atoms with Gasteiger partial charge in [-0.1, -0.05) is 0 Å². The van der Waals surface area contributed by atoms with Crippen LogP contribution in [-0.2, 0) is 6.42 Å². The number of nitrogens with one attached hydrogen (secondary N) is 1. The summed E-state index contributed by atoms with van der Waals surface area (Å²) in [7, 11) is 0. The van der Waals surface area contributed by atoms with E-state index in [0.717, 1.165) is 36.1 Å². The molecule has 1 aliphatic rings. The lowest BCUT2D eigenvalue weighted by molar-refractivity contribution is 0.376. The number of hydrogen-bond acceptors (Lipinski definition) is 4. The molecule has 0 spiro atoms. The van der Waals surface area contributed by atoms with Crippen molar-refractivity contribution >= 4 is 11.3 Å². The van der Waals surface area contributed by atoms with Crippen LogP contribution < -0.4 is 5.32 Å². The van der Waals surface area contributed by atoms with Crippen molar-refractivity contribution in [2.45, 2.75) is 26.2 Å². The Morgan fingerprint density at radius 3 is 3.17 bits per heavy atom. The van der Waals surface area contributed by atoms with Crippen LogP contribution in [0.1, 0.15) is 23.6 Å². The minimum Gasteiger partial charge on any atom is -0.460 e. The van der Waals surface area contributed by atoms with Crippen molar-refractivity contribution in [3.8, 4) is 11.5 Å². The zero-order chi connectivity index (χ0) is 12.4. The second-order valence-corrected chi connectivity index (χ2v) is 5.90. The van der Waals surface area contributed by atoms with E-state index in [9.17, 15) is 0 Å². The molecule has 2 aromatic rings. The molecule has 96 valence electrons. The van der Waals surface area contributed by atoms with Gasteiger partial charge in [0.15, 0.2) is 5.76 Å². The maximum atomic E-state index is 5.60. The molecule has 3 rings (SSSR count). The summed E-state index contributed by atoms with van der Waals surface area (Å²) in [5.74, 6) is 2.57. The monoisotopic (exact) mass is 262 g/mol. The van der Waals surface area contributed by atoms with E-state index >= 15 is 0 Å². The molecule has 1 N–H and O–H groups in total. The van der Waals surface area contributed by atoms with Crippen LogP contribution in [0.15, 0.2) is 21.9 Å². The highest BCUT2D eigenvalue weighted by molar-refractivity contribution is 7.09. The lowest BCUT2D eigenvalue weighted by atomic mass is 9.97. The van der Waals surface area contributed by atoms with Crippen LogP contribution in [0.5, 0.6) is 0 Å². The molecule has 3 heterocycles. The van der Waals surface area contributed by atoms with Crippen LogP contribution in [-0.4, -0.2) is 18.1 Å². The molecule has 1 unspecified atom stereocenters. The predicted molar refractivity (Wildman–Crippen MR) is 73.9 cm³/mol. The van der Waals surface area contributed by atoms with Gasteiger partial charge in [-0.05, 0) is 50.9 Å². The summed E-state index contributed by atoms with van der Waals surface area (Å²) in [6.07, 6.45) is 3.71. The van der Waals surface area contributed by atoms with Crippen LogP contribution in [0, 0.1) is 12.8 Å². The van der Waals surface area contributed by atoms with Crippen molar-refractivity contribution < 1.29 is 4.42 Å². The van der Waals surface area contributed by atoms with Crippen molar-refractivity contribution in [1.82, 2.24) is 10.3 Å². The van der Waals surface area contributed by atoms with Crippen molar-refractivity contribution in [1.29, 1.82) is 0 Å². The highest BCUT2D eigenvalue weighted by atomic mass is 32.1. The lowest BCUT2D eigenvalue weighted by Crippen LogP contribution is -2.30. The summed E-state index contributed by atoms with van der Waals surface area (Å²) in [4.78, 5) is 4.68. The molecule has 1 atom stereocenters. The van der Waals surface area contributed by atoms with Crippen molar-refractivity contribution in [2.24, 2.45) is 5.92 Å². The molecule has 0 aromatic carbocycles. The van der Waals surface area contributed by atoms with Crippen LogP contribution in [0.3, 0.4) is 0 Å². The Bertz CT molecular complexity index is 511. The molecule has 3 nitrogen and oxygen atoms in total. The molecule has 0 amide bonds. The Kier molecular flexibility index (Phi) is 3.48. The molecule has 1 aliphatic heterocycles. The molecule has 4 heteroatoms. The fraction of sp³-hybridized carbons (Fsp3) is 0.500. The smallest absolute Gasteiger partial charge is 0.153 e. The maximum absolute atomic E-state index is 5.60. The van der Waals surface area contributed by atoms with E-state index in [1.54, 1.807) is 11.3 Å². The molecule has 1 saturated heterocycles. The minimum absolute atomic E-state index is 0.746. The second-order valence-electron chi connectivity index (χ2n) is 4.95. The Balaban J connectivity index is 1.69. The molecule has 0 aliphatic carbocycles. The number of aromatic nitrogens is 1. The summed E-state index contributed by atoms with van der Waals surface area (Å²) in [6, 6.07) is 3.98. The Hall–Kier alpha value is -1.13. The van der Waals surface area contributed by atoms with Crippen LogP contribution in [0.4, 0.5) is 0 Å². The molecule has 0 radical (unpaired) electrons. The standard InChI is InChI=1S/C14H18N2OS/c1-10-4-5-13(17-10)12-9-18-14(16-12)7-11-3-2-6-15-8-11/h4-5,9,11,15H,2-3,6-8H2,1H3. The first kappa shape index (κ1) is 11.9. The number of nitrogens with zero attached hydrogens (tertiary/aromatic N) is 1. The fourth-order valence-electron chi connectivity index (χ4n) is 2.44. The van der Waals surface area contributed by atoms with Gasteiger partial charge in [-0.3, -0.25) is 0 Å². The largest absolute Gasteiger partial charge is 0.460 e. The molecular weight excluding hydrogens is 244 g/mol. The molecule has 0 bridgehead atoms. The van der Waals surface area contributed by atoms with Gasteiger partial charge in [-0.15, -0.1) is 11.3 Å². The number of rotatable bonds is 3. The van der Waals surface area contributed by atoms with Gasteiger partial charge in [0, 0.05) is 11.8 Å². The first-order valence-electron chi connectivity index (χ1n) is 6.53. The SMILES string of the molecule is Cc1ccc(-c2csc(CC3CCCNC3)n2)o1. The van der Waals surface area contributed by atoms with E-state index in [1.807, 2.05) is 19.1 Å². The van der Waals surface area contributed by atoms with Crippen molar-refractivity contribution in [2.75, 3.05) is 13.1 Å². The van der Waals surface area contributed by atoms with Gasteiger partial charge in [0.05, 0.1) is 5.01 Å². The van der Waals surface area contributed by atoms with Crippen molar-refractivity contribution in [3.05, 3.63) is 28.3 Å². The summed E-state index contributed by atoms with van der Waals surface area (Å²) in [5, 5.41) is 6.79. The van der Waals surface area contributed by atoms with Gasteiger partial charge in [-0.25, -0.2) is 4.98 Å². The van der Waals surface area contributed by atoms with Crippen LogP contribution in [0.2, 0.25) is 0 Å². The predicted octanol–water partition coefficient (Wildman–Crippen LogP) is 3.25. The third-order valence-corrected chi connectivity index (χ3v) is 4.28. The van der Waals surface area contributed by atoms with Gasteiger partial charge in [0.2, 0.25) is 0 Å². The normalized spacial score (nSPS) is 20.2. The zero-order valence-electron chi connectivity index (χ0n) is 10.6. The van der Waals surface area contributed by atoms with E-state index in [4.69, 9.17) is 4.42 Å². The van der Waals surface area contributed by atoms with E-state index in [1.165, 1.54) is 24.4 Å². The summed E-state index contributed by atoms with van der Waals surface area (Å²) >= 11 is 1.75. The topological polar surface area (TPSA) is 38.1 Å². The van der Waals surface area contributed by atoms with E-state index in [-0.39, 0.29) is 0 Å². The average Bonchev–Trinajstić information content (AvgIpc) is 2.99. The van der Waals surface area contributed by atoms with E-state index in [0.29, 0.717) is 0 Å². The average molecular weight is 262 g/mol. The number of piperidine rings is 1.